The maximum atomic E-state index is 10.4. The zero-order valence-electron chi connectivity index (χ0n) is 12.7. The molecule has 0 rings (SSSR count). The minimum absolute atomic E-state index is 0.0628. The van der Waals surface area contributed by atoms with Crippen LogP contribution in [0.4, 0.5) is 0 Å². The van der Waals surface area contributed by atoms with Gasteiger partial charge < -0.3 is 20.4 Å². The molecule has 0 aromatic heterocycles. The lowest BCUT2D eigenvalue weighted by Gasteiger charge is -2.05. The highest BCUT2D eigenvalue weighted by molar-refractivity contribution is 5.92. The molecule has 8 heteroatoms. The first-order chi connectivity index (χ1) is 10.2. The van der Waals surface area contributed by atoms with Crippen LogP contribution in [-0.4, -0.2) is 44.3 Å². The van der Waals surface area contributed by atoms with Crippen LogP contribution in [0.5, 0.6) is 0 Å². The molecule has 128 valence electrons. The molecule has 0 saturated carbocycles. The summed E-state index contributed by atoms with van der Waals surface area (Å²) in [5.41, 5.74) is 0. The molecule has 0 saturated heterocycles. The molecule has 0 aromatic rings. The van der Waals surface area contributed by atoms with Crippen molar-refractivity contribution in [1.82, 2.24) is 0 Å². The molecule has 4 N–H and O–H groups in total. The van der Waals surface area contributed by atoms with Gasteiger partial charge in [0.05, 0.1) is 0 Å². The summed E-state index contributed by atoms with van der Waals surface area (Å²) >= 11 is 0. The number of hydrogen-bond donors (Lipinski definition) is 4. The van der Waals surface area contributed by atoms with Crippen LogP contribution in [0, 0.1) is 5.92 Å². The van der Waals surface area contributed by atoms with Gasteiger partial charge in [-0.15, -0.1) is 0 Å². The molecule has 0 aliphatic carbocycles. The number of carboxylic acid groups (broad SMARTS) is 4. The minimum atomic E-state index is -1.24. The summed E-state index contributed by atoms with van der Waals surface area (Å²) in [7, 11) is 0. The predicted octanol–water partition coefficient (Wildman–Crippen LogP) is 2.07. The van der Waals surface area contributed by atoms with Gasteiger partial charge in [0, 0.05) is 12.8 Å². The molecule has 0 aliphatic rings. The van der Waals surface area contributed by atoms with Crippen molar-refractivity contribution in [2.24, 2.45) is 5.92 Å². The topological polar surface area (TPSA) is 149 Å². The molecule has 0 aliphatic heterocycles. The maximum absolute atomic E-state index is 10.4. The van der Waals surface area contributed by atoms with Crippen molar-refractivity contribution in [3.8, 4) is 0 Å². The van der Waals surface area contributed by atoms with Crippen LogP contribution in [0.1, 0.15) is 58.3 Å². The van der Waals surface area contributed by atoms with Gasteiger partial charge in [0.2, 0.25) is 0 Å². The summed E-state index contributed by atoms with van der Waals surface area (Å²) in [6.07, 6.45) is 3.77. The van der Waals surface area contributed by atoms with Gasteiger partial charge in [-0.3, -0.25) is 19.2 Å². The Labute approximate surface area is 128 Å². The smallest absolute Gasteiger partial charge is 0.317 e. The Balaban J connectivity index is 0. The average molecular weight is 320 g/mol. The van der Waals surface area contributed by atoms with E-state index < -0.39 is 29.8 Å². The first kappa shape index (κ1) is 22.2. The molecule has 0 bridgehead atoms. The van der Waals surface area contributed by atoms with E-state index in [1.165, 1.54) is 0 Å². The van der Waals surface area contributed by atoms with Crippen molar-refractivity contribution in [1.29, 1.82) is 0 Å². The minimum Gasteiger partial charge on any atom is -0.481 e. The van der Waals surface area contributed by atoms with Crippen molar-refractivity contribution >= 4 is 23.9 Å². The molecule has 0 aromatic carbocycles. The molecular formula is C14H24O8. The fourth-order valence-electron chi connectivity index (χ4n) is 1.50. The zero-order valence-corrected chi connectivity index (χ0v) is 12.7. The van der Waals surface area contributed by atoms with E-state index in [0.717, 1.165) is 12.8 Å². The van der Waals surface area contributed by atoms with Gasteiger partial charge in [-0.2, -0.15) is 0 Å². The highest BCUT2D eigenvalue weighted by Crippen LogP contribution is 2.10. The van der Waals surface area contributed by atoms with Crippen molar-refractivity contribution < 1.29 is 39.6 Å². The highest BCUT2D eigenvalue weighted by Gasteiger charge is 2.24. The predicted molar refractivity (Wildman–Crippen MR) is 76.6 cm³/mol. The molecule has 22 heavy (non-hydrogen) atoms. The van der Waals surface area contributed by atoms with Gasteiger partial charge in [-0.05, 0) is 19.3 Å². The summed E-state index contributed by atoms with van der Waals surface area (Å²) in [6, 6.07) is 0. The van der Waals surface area contributed by atoms with Crippen LogP contribution in [-0.2, 0) is 19.2 Å². The third-order valence-electron chi connectivity index (χ3n) is 2.72. The molecule has 0 amide bonds. The Bertz CT molecular complexity index is 334. The Kier molecular flexibility index (Phi) is 13.9. The molecule has 0 atom stereocenters. The van der Waals surface area contributed by atoms with Crippen LogP contribution in [0.3, 0.4) is 0 Å². The van der Waals surface area contributed by atoms with E-state index in [9.17, 15) is 19.2 Å². The van der Waals surface area contributed by atoms with Gasteiger partial charge in [0.25, 0.3) is 0 Å². The van der Waals surface area contributed by atoms with E-state index in [2.05, 4.69) is 0 Å². The zero-order chi connectivity index (χ0) is 17.5. The van der Waals surface area contributed by atoms with Crippen molar-refractivity contribution in [3.63, 3.8) is 0 Å². The van der Waals surface area contributed by atoms with Gasteiger partial charge in [-0.25, -0.2) is 0 Å². The summed E-state index contributed by atoms with van der Waals surface area (Å²) in [5, 5.41) is 33.2. The second-order valence-electron chi connectivity index (χ2n) is 4.72. The van der Waals surface area contributed by atoms with E-state index in [0.29, 0.717) is 19.3 Å². The number of unbranched alkanes of at least 4 members (excludes halogenated alkanes) is 3. The second-order valence-corrected chi connectivity index (χ2v) is 4.72. The maximum Gasteiger partial charge on any atom is 0.317 e. The van der Waals surface area contributed by atoms with Gasteiger partial charge in [-0.1, -0.05) is 26.2 Å². The molecular weight excluding hydrogens is 296 g/mol. The van der Waals surface area contributed by atoms with Crippen LogP contribution in [0.15, 0.2) is 0 Å². The van der Waals surface area contributed by atoms with Gasteiger partial charge >= 0.3 is 23.9 Å². The molecule has 0 radical (unpaired) electrons. The summed E-state index contributed by atoms with van der Waals surface area (Å²) in [6.45, 7) is 1.98. The number of rotatable bonds is 11. The molecule has 8 nitrogen and oxygen atoms in total. The summed E-state index contributed by atoms with van der Waals surface area (Å²) in [4.78, 5) is 40.5. The SMILES string of the molecule is CCCCCC(C(=O)O)C(=O)O.O=C(O)CCCCC(=O)O. The molecule has 0 spiro atoms. The van der Waals surface area contributed by atoms with Gasteiger partial charge in [0.1, 0.15) is 0 Å². The fraction of sp³-hybridized carbons (Fsp3) is 0.714. The Morgan fingerprint density at radius 1 is 0.727 bits per heavy atom. The number of carboxylic acids is 4. The fourth-order valence-corrected chi connectivity index (χ4v) is 1.50. The number of carbonyl (C=O) groups is 4. The van der Waals surface area contributed by atoms with Crippen LogP contribution < -0.4 is 0 Å². The first-order valence-electron chi connectivity index (χ1n) is 7.11. The van der Waals surface area contributed by atoms with Gasteiger partial charge in [0.15, 0.2) is 5.92 Å². The lowest BCUT2D eigenvalue weighted by Crippen LogP contribution is -2.23. The summed E-state index contributed by atoms with van der Waals surface area (Å²) < 4.78 is 0. The van der Waals surface area contributed by atoms with E-state index in [1.54, 1.807) is 0 Å². The van der Waals surface area contributed by atoms with E-state index in [-0.39, 0.29) is 19.3 Å². The lowest BCUT2D eigenvalue weighted by molar-refractivity contribution is -0.155. The largest absolute Gasteiger partial charge is 0.481 e. The average Bonchev–Trinajstić information content (AvgIpc) is 2.39. The molecule has 0 unspecified atom stereocenters. The van der Waals surface area contributed by atoms with Crippen molar-refractivity contribution in [2.75, 3.05) is 0 Å². The standard InChI is InChI=1S/C8H14O4.C6H10O4/c1-2-3-4-5-6(7(9)10)8(11)12;7-5(8)3-1-2-4-6(9)10/h6H,2-5H2,1H3,(H,9,10)(H,11,12);1-4H2,(H,7,8)(H,9,10). The molecule has 0 fully saturated rings. The van der Waals surface area contributed by atoms with E-state index in [1.807, 2.05) is 6.92 Å². The van der Waals surface area contributed by atoms with Crippen molar-refractivity contribution in [2.45, 2.75) is 58.3 Å². The monoisotopic (exact) mass is 320 g/mol. The lowest BCUT2D eigenvalue weighted by atomic mass is 10.0. The normalized spacial score (nSPS) is 9.73. The van der Waals surface area contributed by atoms with Crippen LogP contribution in [0.2, 0.25) is 0 Å². The third-order valence-corrected chi connectivity index (χ3v) is 2.72. The number of hydrogen-bond acceptors (Lipinski definition) is 4. The second kappa shape index (κ2) is 13.8. The van der Waals surface area contributed by atoms with E-state index in [4.69, 9.17) is 20.4 Å². The third kappa shape index (κ3) is 15.9. The van der Waals surface area contributed by atoms with Crippen molar-refractivity contribution in [3.05, 3.63) is 0 Å². The summed E-state index contributed by atoms with van der Waals surface area (Å²) in [5.74, 6) is -5.44. The van der Waals surface area contributed by atoms with Crippen LogP contribution >= 0.6 is 0 Å². The molecule has 0 heterocycles. The van der Waals surface area contributed by atoms with E-state index >= 15 is 0 Å². The Morgan fingerprint density at radius 3 is 1.41 bits per heavy atom. The first-order valence-corrected chi connectivity index (χ1v) is 7.11. The highest BCUT2D eigenvalue weighted by atomic mass is 16.4. The number of aliphatic carboxylic acids is 4. The Morgan fingerprint density at radius 2 is 1.14 bits per heavy atom. The van der Waals surface area contributed by atoms with Crippen LogP contribution in [0.25, 0.3) is 0 Å². The quantitative estimate of drug-likeness (QED) is 0.334. The Hall–Kier alpha value is -2.12.